The van der Waals surface area contributed by atoms with E-state index in [2.05, 4.69) is 5.32 Å². The number of hydrogen-bond acceptors (Lipinski definition) is 5. The minimum absolute atomic E-state index is 0.152. The van der Waals surface area contributed by atoms with Gasteiger partial charge >= 0.3 is 5.97 Å². The summed E-state index contributed by atoms with van der Waals surface area (Å²) in [6.45, 7) is 3.41. The standard InChI is InChI=1S/C27H23NO7S/c1-14-10-22(35-13-24(29)28-17-5-3-4-16(12-17)27(30)31)20-8-9-21-23(36(32,33)34)11-15(2)19-7-6-18(14)25(20)26(19)21/h3-11,17H,12-13H2,1-2H3,(H,28,29)(H,30,31)(H,32,33,34). The highest BCUT2D eigenvalue weighted by atomic mass is 32.2. The molecule has 1 aliphatic carbocycles. The molecule has 0 saturated carbocycles. The van der Waals surface area contributed by atoms with E-state index in [1.807, 2.05) is 25.1 Å². The molecule has 0 saturated heterocycles. The molecular weight excluding hydrogens is 482 g/mol. The van der Waals surface area contributed by atoms with Gasteiger partial charge < -0.3 is 15.2 Å². The number of aryl methyl sites for hydroxylation is 2. The van der Waals surface area contributed by atoms with Gasteiger partial charge in [-0.2, -0.15) is 8.42 Å². The van der Waals surface area contributed by atoms with E-state index in [0.29, 0.717) is 27.5 Å². The fraction of sp³-hybridized carbons (Fsp3) is 0.185. The third-order valence-corrected chi connectivity index (χ3v) is 7.47. The molecule has 1 unspecified atom stereocenters. The Morgan fingerprint density at radius 3 is 2.28 bits per heavy atom. The SMILES string of the molecule is Cc1cc(OCC(=O)NC2C=CC=C(C(=O)O)C2)c2ccc3c(S(=O)(=O)O)cc(C)c4ccc1c2c43. The fourth-order valence-electron chi connectivity index (χ4n) is 4.93. The third kappa shape index (κ3) is 4.06. The molecule has 4 aromatic rings. The van der Waals surface area contributed by atoms with Crippen molar-refractivity contribution in [2.75, 3.05) is 6.61 Å². The Bertz CT molecular complexity index is 1730. The van der Waals surface area contributed by atoms with E-state index in [9.17, 15) is 27.7 Å². The number of rotatable bonds is 6. The first-order chi connectivity index (χ1) is 17.0. The Morgan fingerprint density at radius 1 is 1.00 bits per heavy atom. The van der Waals surface area contributed by atoms with Crippen molar-refractivity contribution in [2.45, 2.75) is 31.2 Å². The van der Waals surface area contributed by atoms with Crippen molar-refractivity contribution in [3.8, 4) is 5.75 Å². The average Bonchev–Trinajstić information content (AvgIpc) is 2.82. The van der Waals surface area contributed by atoms with Gasteiger partial charge in [0.15, 0.2) is 6.61 Å². The molecule has 0 aliphatic heterocycles. The minimum atomic E-state index is -4.45. The zero-order valence-electron chi connectivity index (χ0n) is 19.5. The molecule has 3 N–H and O–H groups in total. The number of carbonyl (C=O) groups excluding carboxylic acids is 1. The predicted molar refractivity (Wildman–Crippen MR) is 136 cm³/mol. The first kappa shape index (κ1) is 23.8. The monoisotopic (exact) mass is 505 g/mol. The summed E-state index contributed by atoms with van der Waals surface area (Å²) in [7, 11) is -4.45. The largest absolute Gasteiger partial charge is 0.483 e. The summed E-state index contributed by atoms with van der Waals surface area (Å²) in [5, 5.41) is 16.3. The molecule has 5 rings (SSSR count). The second kappa shape index (κ2) is 8.61. The van der Waals surface area contributed by atoms with E-state index in [0.717, 1.165) is 21.7 Å². The van der Waals surface area contributed by atoms with Gasteiger partial charge in [-0.3, -0.25) is 9.35 Å². The van der Waals surface area contributed by atoms with Gasteiger partial charge in [0.2, 0.25) is 0 Å². The molecule has 0 fully saturated rings. The molecule has 8 nitrogen and oxygen atoms in total. The highest BCUT2D eigenvalue weighted by Gasteiger charge is 2.22. The molecule has 9 heteroatoms. The van der Waals surface area contributed by atoms with E-state index < -0.39 is 28.0 Å². The van der Waals surface area contributed by atoms with Gasteiger partial charge in [-0.25, -0.2) is 4.79 Å². The molecular formula is C27H23NO7S. The molecule has 0 spiro atoms. The second-order valence-electron chi connectivity index (χ2n) is 8.98. The van der Waals surface area contributed by atoms with E-state index in [1.54, 1.807) is 31.2 Å². The Labute approximate surface area is 206 Å². The molecule has 36 heavy (non-hydrogen) atoms. The van der Waals surface area contributed by atoms with Crippen molar-refractivity contribution in [1.82, 2.24) is 5.32 Å². The van der Waals surface area contributed by atoms with Crippen LogP contribution in [0.1, 0.15) is 17.5 Å². The summed E-state index contributed by atoms with van der Waals surface area (Å²) in [6, 6.07) is 10.1. The van der Waals surface area contributed by atoms with E-state index in [4.69, 9.17) is 4.74 Å². The maximum atomic E-state index is 12.6. The molecule has 1 amide bonds. The number of aliphatic carboxylic acids is 1. The Balaban J connectivity index is 1.52. The lowest BCUT2D eigenvalue weighted by Gasteiger charge is -2.20. The topological polar surface area (TPSA) is 130 Å². The van der Waals surface area contributed by atoms with Crippen LogP contribution in [0.15, 0.2) is 65.1 Å². The lowest BCUT2D eigenvalue weighted by Crippen LogP contribution is -2.38. The zero-order chi connectivity index (χ0) is 25.8. The molecule has 0 aromatic heterocycles. The van der Waals surface area contributed by atoms with Crippen LogP contribution in [-0.4, -0.2) is 42.6 Å². The zero-order valence-corrected chi connectivity index (χ0v) is 20.3. The summed E-state index contributed by atoms with van der Waals surface area (Å²) in [5.41, 5.74) is 1.81. The molecule has 0 bridgehead atoms. The highest BCUT2D eigenvalue weighted by molar-refractivity contribution is 7.86. The van der Waals surface area contributed by atoms with Crippen LogP contribution in [0.25, 0.3) is 32.3 Å². The Morgan fingerprint density at radius 2 is 1.61 bits per heavy atom. The number of ether oxygens (including phenoxy) is 1. The van der Waals surface area contributed by atoms with E-state index >= 15 is 0 Å². The van der Waals surface area contributed by atoms with Crippen LogP contribution in [0.3, 0.4) is 0 Å². The highest BCUT2D eigenvalue weighted by Crippen LogP contribution is 2.43. The third-order valence-electron chi connectivity index (χ3n) is 6.57. The van der Waals surface area contributed by atoms with Crippen molar-refractivity contribution in [1.29, 1.82) is 0 Å². The Kier molecular flexibility index (Phi) is 5.69. The maximum Gasteiger partial charge on any atom is 0.331 e. The number of amides is 1. The van der Waals surface area contributed by atoms with Gasteiger partial charge in [-0.1, -0.05) is 36.4 Å². The van der Waals surface area contributed by atoms with E-state index in [-0.39, 0.29) is 23.5 Å². The van der Waals surface area contributed by atoms with Crippen LogP contribution in [0.4, 0.5) is 0 Å². The normalized spacial score (nSPS) is 16.0. The Hall–Kier alpha value is -3.95. The molecule has 4 aromatic carbocycles. The molecule has 184 valence electrons. The van der Waals surface area contributed by atoms with Crippen molar-refractivity contribution in [3.63, 3.8) is 0 Å². The van der Waals surface area contributed by atoms with Gasteiger partial charge in [0.25, 0.3) is 16.0 Å². The summed E-state index contributed by atoms with van der Waals surface area (Å²) in [4.78, 5) is 23.6. The van der Waals surface area contributed by atoms with Crippen LogP contribution in [-0.2, 0) is 19.7 Å². The van der Waals surface area contributed by atoms with Crippen LogP contribution < -0.4 is 10.1 Å². The lowest BCUT2D eigenvalue weighted by atomic mass is 9.90. The van der Waals surface area contributed by atoms with Gasteiger partial charge in [0.1, 0.15) is 10.6 Å². The summed E-state index contributed by atoms with van der Waals surface area (Å²) >= 11 is 0. The maximum absolute atomic E-state index is 12.6. The predicted octanol–water partition coefficient (Wildman–Crippen LogP) is 4.28. The van der Waals surface area contributed by atoms with Crippen molar-refractivity contribution in [3.05, 3.63) is 71.3 Å². The number of carbonyl (C=O) groups is 2. The van der Waals surface area contributed by atoms with Crippen LogP contribution in [0.5, 0.6) is 5.75 Å². The van der Waals surface area contributed by atoms with Crippen molar-refractivity contribution in [2.24, 2.45) is 0 Å². The van der Waals surface area contributed by atoms with Crippen LogP contribution in [0, 0.1) is 13.8 Å². The van der Waals surface area contributed by atoms with Crippen molar-refractivity contribution < 1.29 is 32.4 Å². The number of carboxylic acids is 1. The average molecular weight is 506 g/mol. The summed E-state index contributed by atoms with van der Waals surface area (Å²) < 4.78 is 40.0. The molecule has 0 radical (unpaired) electrons. The lowest BCUT2D eigenvalue weighted by molar-refractivity contribution is -0.133. The summed E-state index contributed by atoms with van der Waals surface area (Å²) in [6.07, 6.45) is 5.01. The molecule has 1 atom stereocenters. The van der Waals surface area contributed by atoms with Crippen LogP contribution in [0.2, 0.25) is 0 Å². The molecule has 0 heterocycles. The second-order valence-corrected chi connectivity index (χ2v) is 10.4. The number of benzene rings is 4. The number of nitrogens with one attached hydrogen (secondary N) is 1. The van der Waals surface area contributed by atoms with Gasteiger partial charge in [-0.15, -0.1) is 0 Å². The first-order valence-corrected chi connectivity index (χ1v) is 12.7. The fourth-order valence-corrected chi connectivity index (χ4v) is 5.70. The van der Waals surface area contributed by atoms with Gasteiger partial charge in [0, 0.05) is 28.2 Å². The van der Waals surface area contributed by atoms with Gasteiger partial charge in [0.05, 0.1) is 6.04 Å². The summed E-state index contributed by atoms with van der Waals surface area (Å²) in [5.74, 6) is -0.958. The van der Waals surface area contributed by atoms with Crippen LogP contribution >= 0.6 is 0 Å². The smallest absolute Gasteiger partial charge is 0.331 e. The van der Waals surface area contributed by atoms with E-state index in [1.165, 1.54) is 12.1 Å². The number of allylic oxidation sites excluding steroid dienone is 2. The quantitative estimate of drug-likeness (QED) is 0.263. The number of carboxylic acid groups (broad SMARTS) is 1. The molecule has 1 aliphatic rings. The van der Waals surface area contributed by atoms with Crippen molar-refractivity contribution >= 4 is 54.3 Å². The minimum Gasteiger partial charge on any atom is -0.483 e. The van der Waals surface area contributed by atoms with Gasteiger partial charge in [-0.05, 0) is 59.3 Å². The first-order valence-electron chi connectivity index (χ1n) is 11.3. The number of hydrogen-bond donors (Lipinski definition) is 3.